The molecule has 114 valence electrons. The van der Waals surface area contributed by atoms with E-state index in [0.29, 0.717) is 24.1 Å². The standard InChI is InChI=1S/C14H20F4N2/c1-3-10(19)9-11-12(15)5-4-6-13(11)20(2)8-7-14(16,17)18/h4-6,10H,3,7-9,19H2,1-2H3. The molecule has 0 saturated heterocycles. The van der Waals surface area contributed by atoms with E-state index < -0.39 is 18.4 Å². The number of hydrogen-bond acceptors (Lipinski definition) is 2. The van der Waals surface area contributed by atoms with Crippen molar-refractivity contribution in [2.45, 2.75) is 38.4 Å². The molecule has 1 aromatic rings. The molecule has 20 heavy (non-hydrogen) atoms. The van der Waals surface area contributed by atoms with Crippen molar-refractivity contribution >= 4 is 5.69 Å². The molecular formula is C14H20F4N2. The van der Waals surface area contributed by atoms with E-state index in [1.807, 2.05) is 6.92 Å². The molecule has 0 radical (unpaired) electrons. The Morgan fingerprint density at radius 1 is 1.30 bits per heavy atom. The van der Waals surface area contributed by atoms with Crippen molar-refractivity contribution < 1.29 is 17.6 Å². The number of nitrogens with zero attached hydrogens (tertiary/aromatic N) is 1. The van der Waals surface area contributed by atoms with Crippen LogP contribution in [-0.4, -0.2) is 25.8 Å². The maximum Gasteiger partial charge on any atom is 0.390 e. The van der Waals surface area contributed by atoms with Crippen LogP contribution in [0.1, 0.15) is 25.3 Å². The van der Waals surface area contributed by atoms with Gasteiger partial charge in [0, 0.05) is 30.9 Å². The lowest BCUT2D eigenvalue weighted by atomic mass is 10.0. The van der Waals surface area contributed by atoms with Crippen LogP contribution in [0.4, 0.5) is 23.2 Å². The van der Waals surface area contributed by atoms with E-state index in [-0.39, 0.29) is 12.6 Å². The zero-order valence-electron chi connectivity index (χ0n) is 11.7. The van der Waals surface area contributed by atoms with Crippen LogP contribution < -0.4 is 10.6 Å². The minimum atomic E-state index is -4.22. The van der Waals surface area contributed by atoms with Crippen LogP contribution in [0.15, 0.2) is 18.2 Å². The van der Waals surface area contributed by atoms with E-state index in [4.69, 9.17) is 5.73 Å². The Bertz CT molecular complexity index is 432. The third-order valence-corrected chi connectivity index (χ3v) is 3.23. The summed E-state index contributed by atoms with van der Waals surface area (Å²) in [5.41, 5.74) is 6.67. The first-order valence-electron chi connectivity index (χ1n) is 6.55. The van der Waals surface area contributed by atoms with Crippen LogP contribution in [0.25, 0.3) is 0 Å². The van der Waals surface area contributed by atoms with Crippen LogP contribution in [-0.2, 0) is 6.42 Å². The van der Waals surface area contributed by atoms with Crippen LogP contribution in [0.2, 0.25) is 0 Å². The molecular weight excluding hydrogens is 272 g/mol. The summed E-state index contributed by atoms with van der Waals surface area (Å²) in [6.45, 7) is 1.68. The average molecular weight is 292 g/mol. The van der Waals surface area contributed by atoms with Crippen molar-refractivity contribution in [3.8, 4) is 0 Å². The molecule has 1 atom stereocenters. The summed E-state index contributed by atoms with van der Waals surface area (Å²) in [4.78, 5) is 1.42. The van der Waals surface area contributed by atoms with Gasteiger partial charge in [0.05, 0.1) is 6.42 Å². The van der Waals surface area contributed by atoms with Gasteiger partial charge < -0.3 is 10.6 Å². The monoisotopic (exact) mass is 292 g/mol. The van der Waals surface area contributed by atoms with E-state index in [1.165, 1.54) is 24.1 Å². The highest BCUT2D eigenvalue weighted by Crippen LogP contribution is 2.26. The van der Waals surface area contributed by atoms with E-state index in [2.05, 4.69) is 0 Å². The van der Waals surface area contributed by atoms with E-state index in [1.54, 1.807) is 6.07 Å². The van der Waals surface area contributed by atoms with Gasteiger partial charge in [-0.15, -0.1) is 0 Å². The fourth-order valence-corrected chi connectivity index (χ4v) is 1.93. The van der Waals surface area contributed by atoms with Crippen molar-refractivity contribution in [3.63, 3.8) is 0 Å². The molecule has 1 aromatic carbocycles. The fourth-order valence-electron chi connectivity index (χ4n) is 1.93. The molecule has 0 aliphatic carbocycles. The SMILES string of the molecule is CCC(N)Cc1c(F)cccc1N(C)CCC(F)(F)F. The van der Waals surface area contributed by atoms with E-state index >= 15 is 0 Å². The van der Waals surface area contributed by atoms with Gasteiger partial charge in [-0.2, -0.15) is 13.2 Å². The van der Waals surface area contributed by atoms with Gasteiger partial charge in [-0.05, 0) is 25.0 Å². The summed E-state index contributed by atoms with van der Waals surface area (Å²) < 4.78 is 50.6. The zero-order chi connectivity index (χ0) is 15.3. The number of benzene rings is 1. The van der Waals surface area contributed by atoms with Crippen molar-refractivity contribution in [1.29, 1.82) is 0 Å². The lowest BCUT2D eigenvalue weighted by Crippen LogP contribution is -2.27. The Balaban J connectivity index is 2.90. The number of alkyl halides is 3. The molecule has 0 amide bonds. The minimum Gasteiger partial charge on any atom is -0.374 e. The van der Waals surface area contributed by atoms with Crippen molar-refractivity contribution in [1.82, 2.24) is 0 Å². The first-order chi connectivity index (χ1) is 9.24. The number of anilines is 1. The number of halogens is 4. The van der Waals surface area contributed by atoms with Gasteiger partial charge in [-0.25, -0.2) is 4.39 Å². The second-order valence-corrected chi connectivity index (χ2v) is 4.90. The van der Waals surface area contributed by atoms with Crippen molar-refractivity contribution in [2.75, 3.05) is 18.5 Å². The third-order valence-electron chi connectivity index (χ3n) is 3.23. The molecule has 0 aromatic heterocycles. The molecule has 0 heterocycles. The summed E-state index contributed by atoms with van der Waals surface area (Å²) in [5, 5.41) is 0. The highest BCUT2D eigenvalue weighted by Gasteiger charge is 2.27. The quantitative estimate of drug-likeness (QED) is 0.813. The molecule has 1 rings (SSSR count). The molecule has 6 heteroatoms. The zero-order valence-corrected chi connectivity index (χ0v) is 11.7. The maximum absolute atomic E-state index is 13.9. The van der Waals surface area contributed by atoms with Crippen LogP contribution in [0.5, 0.6) is 0 Å². The Morgan fingerprint density at radius 3 is 2.50 bits per heavy atom. The van der Waals surface area contributed by atoms with Gasteiger partial charge in [0.2, 0.25) is 0 Å². The molecule has 0 spiro atoms. The highest BCUT2D eigenvalue weighted by molar-refractivity contribution is 5.54. The molecule has 0 saturated carbocycles. The summed E-state index contributed by atoms with van der Waals surface area (Å²) in [6, 6.07) is 4.22. The predicted octanol–water partition coefficient (Wildman–Crippen LogP) is 3.49. The van der Waals surface area contributed by atoms with Gasteiger partial charge in [0.1, 0.15) is 5.82 Å². The van der Waals surface area contributed by atoms with Gasteiger partial charge in [-0.1, -0.05) is 13.0 Å². The predicted molar refractivity (Wildman–Crippen MR) is 72.3 cm³/mol. The van der Waals surface area contributed by atoms with Gasteiger partial charge >= 0.3 is 6.18 Å². The molecule has 0 aliphatic heterocycles. The minimum absolute atomic E-state index is 0.207. The Hall–Kier alpha value is -1.30. The van der Waals surface area contributed by atoms with Crippen LogP contribution in [0.3, 0.4) is 0 Å². The van der Waals surface area contributed by atoms with Crippen molar-refractivity contribution in [3.05, 3.63) is 29.6 Å². The molecule has 2 N–H and O–H groups in total. The molecule has 0 fully saturated rings. The second kappa shape index (κ2) is 6.92. The van der Waals surface area contributed by atoms with E-state index in [9.17, 15) is 17.6 Å². The van der Waals surface area contributed by atoms with Gasteiger partial charge in [0.25, 0.3) is 0 Å². The Kier molecular flexibility index (Phi) is 5.80. The third kappa shape index (κ3) is 5.00. The lowest BCUT2D eigenvalue weighted by Gasteiger charge is -2.24. The fraction of sp³-hybridized carbons (Fsp3) is 0.571. The summed E-state index contributed by atoms with van der Waals surface area (Å²) in [5.74, 6) is -0.426. The smallest absolute Gasteiger partial charge is 0.374 e. The lowest BCUT2D eigenvalue weighted by molar-refractivity contribution is -0.132. The number of nitrogens with two attached hydrogens (primary N) is 1. The number of hydrogen-bond donors (Lipinski definition) is 1. The van der Waals surface area contributed by atoms with Gasteiger partial charge in [0.15, 0.2) is 0 Å². The largest absolute Gasteiger partial charge is 0.390 e. The second-order valence-electron chi connectivity index (χ2n) is 4.90. The van der Waals surface area contributed by atoms with E-state index in [0.717, 1.165) is 0 Å². The summed E-state index contributed by atoms with van der Waals surface area (Å²) in [6.07, 6.45) is -4.16. The first kappa shape index (κ1) is 16.8. The van der Waals surface area contributed by atoms with Crippen LogP contribution >= 0.6 is 0 Å². The molecule has 2 nitrogen and oxygen atoms in total. The normalized spacial score (nSPS) is 13.3. The Morgan fingerprint density at radius 2 is 1.95 bits per heavy atom. The molecule has 0 bridgehead atoms. The molecule has 0 aliphatic rings. The van der Waals surface area contributed by atoms with Crippen molar-refractivity contribution in [2.24, 2.45) is 5.73 Å². The topological polar surface area (TPSA) is 29.3 Å². The first-order valence-corrected chi connectivity index (χ1v) is 6.55. The van der Waals surface area contributed by atoms with Crippen LogP contribution in [0, 0.1) is 5.82 Å². The number of rotatable bonds is 6. The summed E-state index contributed by atoms with van der Waals surface area (Å²) >= 11 is 0. The average Bonchev–Trinajstić information content (AvgIpc) is 2.37. The summed E-state index contributed by atoms with van der Waals surface area (Å²) in [7, 11) is 1.53. The molecule has 1 unspecified atom stereocenters. The van der Waals surface area contributed by atoms with Gasteiger partial charge in [-0.3, -0.25) is 0 Å². The Labute approximate surface area is 116 Å². The highest BCUT2D eigenvalue weighted by atomic mass is 19.4. The maximum atomic E-state index is 13.9.